The van der Waals surface area contributed by atoms with Gasteiger partial charge in [-0.25, -0.2) is 4.68 Å². The van der Waals surface area contributed by atoms with Gasteiger partial charge in [0.25, 0.3) is 5.91 Å². The maximum atomic E-state index is 12.7. The molecule has 3 N–H and O–H groups in total. The lowest BCUT2D eigenvalue weighted by atomic mass is 10.2. The van der Waals surface area contributed by atoms with Crippen LogP contribution in [-0.4, -0.2) is 31.1 Å². The summed E-state index contributed by atoms with van der Waals surface area (Å²) in [6.07, 6.45) is -1.76. The minimum absolute atomic E-state index is 0.0451. The first-order valence-corrected chi connectivity index (χ1v) is 6.89. The van der Waals surface area contributed by atoms with E-state index in [9.17, 15) is 18.0 Å². The first-order chi connectivity index (χ1) is 11.8. The van der Waals surface area contributed by atoms with Crippen LogP contribution >= 0.6 is 0 Å². The van der Waals surface area contributed by atoms with E-state index >= 15 is 0 Å². The molecule has 3 rings (SSSR count). The zero-order valence-electron chi connectivity index (χ0n) is 12.5. The fraction of sp³-hybridized carbons (Fsp3) is 0.143. The van der Waals surface area contributed by atoms with E-state index in [1.807, 2.05) is 0 Å². The van der Waals surface area contributed by atoms with Crippen molar-refractivity contribution in [2.45, 2.75) is 12.8 Å². The van der Waals surface area contributed by atoms with E-state index in [1.165, 1.54) is 29.2 Å². The Morgan fingerprint density at radius 3 is 2.88 bits per heavy atom. The van der Waals surface area contributed by atoms with Crippen LogP contribution in [0.4, 0.5) is 13.2 Å². The smallest absolute Gasteiger partial charge is 0.416 e. The molecule has 0 radical (unpaired) electrons. The number of halogens is 3. The molecule has 130 valence electrons. The quantitative estimate of drug-likeness (QED) is 0.726. The molecule has 0 spiro atoms. The summed E-state index contributed by atoms with van der Waals surface area (Å²) < 4.78 is 44.5. The van der Waals surface area contributed by atoms with Crippen LogP contribution < -0.4 is 10.5 Å². The Bertz CT molecular complexity index is 902. The number of amides is 1. The van der Waals surface area contributed by atoms with E-state index in [0.29, 0.717) is 5.69 Å². The second kappa shape index (κ2) is 6.26. The summed E-state index contributed by atoms with van der Waals surface area (Å²) in [6.45, 7) is -0.110. The fourth-order valence-electron chi connectivity index (χ4n) is 2.03. The van der Waals surface area contributed by atoms with Gasteiger partial charge in [-0.3, -0.25) is 9.89 Å². The molecule has 0 fully saturated rings. The van der Waals surface area contributed by atoms with Crippen LogP contribution in [0.15, 0.2) is 36.7 Å². The first-order valence-electron chi connectivity index (χ1n) is 6.89. The third kappa shape index (κ3) is 3.59. The number of H-pyrrole nitrogens is 1. The molecule has 0 aliphatic heterocycles. The molecule has 2 aromatic heterocycles. The summed E-state index contributed by atoms with van der Waals surface area (Å²) in [4.78, 5) is 11.3. The summed E-state index contributed by atoms with van der Waals surface area (Å²) >= 11 is 0. The molecule has 2 heterocycles. The zero-order valence-corrected chi connectivity index (χ0v) is 12.5. The number of hydrogen-bond acceptors (Lipinski definition) is 5. The number of nitrogens with two attached hydrogens (primary N) is 1. The predicted octanol–water partition coefficient (Wildman–Crippen LogP) is 1.69. The topological polar surface area (TPSA) is 112 Å². The maximum absolute atomic E-state index is 12.7. The maximum Gasteiger partial charge on any atom is 0.416 e. The highest BCUT2D eigenvalue weighted by molar-refractivity contribution is 5.95. The molecule has 0 aliphatic carbocycles. The Hall–Kier alpha value is -3.37. The third-order valence-corrected chi connectivity index (χ3v) is 3.20. The molecule has 3 aromatic rings. The van der Waals surface area contributed by atoms with Gasteiger partial charge in [0.15, 0.2) is 5.82 Å². The van der Waals surface area contributed by atoms with Gasteiger partial charge in [-0.1, -0.05) is 11.3 Å². The molecule has 8 nitrogen and oxygen atoms in total. The van der Waals surface area contributed by atoms with Crippen LogP contribution in [0, 0.1) is 0 Å². The van der Waals surface area contributed by atoms with E-state index in [2.05, 4.69) is 20.5 Å². The molecule has 0 atom stereocenters. The van der Waals surface area contributed by atoms with Gasteiger partial charge in [0.05, 0.1) is 18.0 Å². The molecule has 0 aliphatic rings. The third-order valence-electron chi connectivity index (χ3n) is 3.20. The second-order valence-corrected chi connectivity index (χ2v) is 4.97. The Kier molecular flexibility index (Phi) is 4.13. The summed E-state index contributed by atoms with van der Waals surface area (Å²) in [7, 11) is 0. The van der Waals surface area contributed by atoms with Crippen molar-refractivity contribution in [3.63, 3.8) is 0 Å². The zero-order chi connectivity index (χ0) is 18.0. The summed E-state index contributed by atoms with van der Waals surface area (Å²) in [5, 5.41) is 13.9. The number of nitrogens with one attached hydrogen (secondary N) is 1. The van der Waals surface area contributed by atoms with Gasteiger partial charge in [0.1, 0.15) is 23.6 Å². The van der Waals surface area contributed by atoms with Gasteiger partial charge in [0.2, 0.25) is 0 Å². The van der Waals surface area contributed by atoms with Gasteiger partial charge in [-0.15, -0.1) is 5.10 Å². The second-order valence-electron chi connectivity index (χ2n) is 4.97. The average molecular weight is 352 g/mol. The van der Waals surface area contributed by atoms with Crippen LogP contribution in [0.3, 0.4) is 0 Å². The molecule has 25 heavy (non-hydrogen) atoms. The summed E-state index contributed by atoms with van der Waals surface area (Å²) in [5.41, 5.74) is 4.86. The number of aromatic nitrogens is 5. The lowest BCUT2D eigenvalue weighted by Crippen LogP contribution is -2.13. The van der Waals surface area contributed by atoms with E-state index in [-0.39, 0.29) is 23.7 Å². The van der Waals surface area contributed by atoms with Gasteiger partial charge >= 0.3 is 6.18 Å². The van der Waals surface area contributed by atoms with Crippen molar-refractivity contribution in [2.75, 3.05) is 0 Å². The van der Waals surface area contributed by atoms with Gasteiger partial charge in [0, 0.05) is 0 Å². The number of benzene rings is 1. The molecule has 0 bridgehead atoms. The lowest BCUT2D eigenvalue weighted by Gasteiger charge is -2.09. The minimum atomic E-state index is -4.45. The molecule has 11 heteroatoms. The molecular weight excluding hydrogens is 341 g/mol. The van der Waals surface area contributed by atoms with E-state index in [0.717, 1.165) is 12.1 Å². The SMILES string of the molecule is NC(=O)c1cn[nH]c1-n1cc(COc2cccc(C(F)(F)F)c2)nn1. The van der Waals surface area contributed by atoms with E-state index in [4.69, 9.17) is 10.5 Å². The summed E-state index contributed by atoms with van der Waals surface area (Å²) in [5.74, 6) is -0.421. The van der Waals surface area contributed by atoms with Gasteiger partial charge in [-0.2, -0.15) is 18.3 Å². The summed E-state index contributed by atoms with van der Waals surface area (Å²) in [6, 6.07) is 4.50. The molecule has 1 amide bonds. The van der Waals surface area contributed by atoms with Crippen molar-refractivity contribution in [1.82, 2.24) is 25.2 Å². The number of aromatic amines is 1. The number of nitrogens with zero attached hydrogens (tertiary/aromatic N) is 4. The normalized spacial score (nSPS) is 11.5. The monoisotopic (exact) mass is 352 g/mol. The largest absolute Gasteiger partial charge is 0.487 e. The van der Waals surface area contributed by atoms with Crippen LogP contribution in [-0.2, 0) is 12.8 Å². The van der Waals surface area contributed by atoms with E-state index in [1.54, 1.807) is 0 Å². The van der Waals surface area contributed by atoms with Crippen molar-refractivity contribution >= 4 is 5.91 Å². The molecule has 0 saturated carbocycles. The van der Waals surface area contributed by atoms with Crippen LogP contribution in [0.25, 0.3) is 5.82 Å². The van der Waals surface area contributed by atoms with Crippen molar-refractivity contribution in [2.24, 2.45) is 5.73 Å². The van der Waals surface area contributed by atoms with Crippen molar-refractivity contribution in [3.8, 4) is 11.6 Å². The number of rotatable bonds is 5. The average Bonchev–Trinajstić information content (AvgIpc) is 3.21. The van der Waals surface area contributed by atoms with Crippen LogP contribution in [0.2, 0.25) is 0 Å². The highest BCUT2D eigenvalue weighted by Gasteiger charge is 2.30. The standard InChI is InChI=1S/C14H11F3N6O2/c15-14(16,17)8-2-1-3-10(4-8)25-7-9-6-23(22-20-9)13-11(12(18)24)5-19-21-13/h1-6H,7H2,(H2,18,24)(H,19,21). The Morgan fingerprint density at radius 2 is 2.16 bits per heavy atom. The highest BCUT2D eigenvalue weighted by Crippen LogP contribution is 2.31. The van der Waals surface area contributed by atoms with Gasteiger partial charge < -0.3 is 10.5 Å². The van der Waals surface area contributed by atoms with Gasteiger partial charge in [-0.05, 0) is 18.2 Å². The van der Waals surface area contributed by atoms with Crippen LogP contribution in [0.1, 0.15) is 21.6 Å². The number of alkyl halides is 3. The van der Waals surface area contributed by atoms with Crippen molar-refractivity contribution in [1.29, 1.82) is 0 Å². The fourth-order valence-corrected chi connectivity index (χ4v) is 2.03. The minimum Gasteiger partial charge on any atom is -0.487 e. The number of carbonyl (C=O) groups is 1. The molecular formula is C14H11F3N6O2. The highest BCUT2D eigenvalue weighted by atomic mass is 19.4. The van der Waals surface area contributed by atoms with E-state index < -0.39 is 17.6 Å². The van der Waals surface area contributed by atoms with Crippen LogP contribution in [0.5, 0.6) is 5.75 Å². The number of hydrogen-bond donors (Lipinski definition) is 2. The van der Waals surface area contributed by atoms with Crippen molar-refractivity contribution < 1.29 is 22.7 Å². The molecule has 0 saturated heterocycles. The van der Waals surface area contributed by atoms with Crippen molar-refractivity contribution in [3.05, 3.63) is 53.5 Å². The number of carbonyl (C=O) groups excluding carboxylic acids is 1. The Labute approximate surface area is 138 Å². The first kappa shape index (κ1) is 16.5. The lowest BCUT2D eigenvalue weighted by molar-refractivity contribution is -0.137. The number of ether oxygens (including phenoxy) is 1. The number of primary amides is 1. The predicted molar refractivity (Wildman–Crippen MR) is 77.8 cm³/mol. The Morgan fingerprint density at radius 1 is 1.36 bits per heavy atom. The Balaban J connectivity index is 1.72. The molecule has 1 aromatic carbocycles. The molecule has 0 unspecified atom stereocenters.